The van der Waals surface area contributed by atoms with Crippen LogP contribution in [0.4, 0.5) is 0 Å². The molecule has 0 aromatic heterocycles. The molecule has 0 aliphatic heterocycles. The van der Waals surface area contributed by atoms with Crippen LogP contribution < -0.4 is 0 Å². The lowest BCUT2D eigenvalue weighted by atomic mass is 10.2. The number of unbranched alkanes of at least 4 members (excludes halogenated alkanes) is 1. The normalized spacial score (nSPS) is 8.50. The Kier molecular flexibility index (Phi) is 22.1. The molecule has 0 atom stereocenters. The van der Waals surface area contributed by atoms with Crippen LogP contribution >= 0.6 is 0 Å². The van der Waals surface area contributed by atoms with Gasteiger partial charge in [0.1, 0.15) is 0 Å². The number of carbonyl (C=O) groups is 5. The summed E-state index contributed by atoms with van der Waals surface area (Å²) in [5.41, 5.74) is 0. The highest BCUT2D eigenvalue weighted by molar-refractivity contribution is 5.77. The van der Waals surface area contributed by atoms with Crippen molar-refractivity contribution in [3.05, 3.63) is 0 Å². The Hall–Kier alpha value is -2.65. The van der Waals surface area contributed by atoms with E-state index in [-0.39, 0.29) is 24.8 Å². The summed E-state index contributed by atoms with van der Waals surface area (Å²) >= 11 is 0. The maximum absolute atomic E-state index is 10.6. The average molecular weight is 380 g/mol. The zero-order chi connectivity index (χ0) is 21.0. The van der Waals surface area contributed by atoms with Gasteiger partial charge in [0, 0.05) is 19.8 Å². The van der Waals surface area contributed by atoms with Crippen molar-refractivity contribution in [3.8, 4) is 0 Å². The molecule has 0 radical (unpaired) electrons. The van der Waals surface area contributed by atoms with Crippen molar-refractivity contribution in [1.82, 2.24) is 0 Å². The third-order valence-corrected chi connectivity index (χ3v) is 2.46. The number of ether oxygens (including phenoxy) is 4. The first kappa shape index (κ1) is 28.2. The lowest BCUT2D eigenvalue weighted by Crippen LogP contribution is -2.06. The largest absolute Gasteiger partial charge is 0.481 e. The SMILES string of the molecule is CC(=O)O.COC(=O)CCC(=O)OC.COC(=O)CCCCC(=O)OC. The maximum atomic E-state index is 10.6. The monoisotopic (exact) mass is 380 g/mol. The van der Waals surface area contributed by atoms with Crippen LogP contribution in [0.1, 0.15) is 45.4 Å². The van der Waals surface area contributed by atoms with E-state index < -0.39 is 17.9 Å². The molecule has 0 bridgehead atoms. The fraction of sp³-hybridized carbons (Fsp3) is 0.688. The second-order valence-corrected chi connectivity index (χ2v) is 4.53. The number of esters is 4. The predicted octanol–water partition coefficient (Wildman–Crippen LogP) is 1.10. The standard InChI is InChI=1S/C8H14O4.C6H10O4.C2H4O2/c1-11-7(9)5-3-4-6-8(10)12-2;1-9-5(7)3-4-6(8)10-2;1-2(3)4/h3-6H2,1-2H3;3-4H2,1-2H3;1H3,(H,3,4). The molecule has 0 spiro atoms. The van der Waals surface area contributed by atoms with E-state index >= 15 is 0 Å². The molecule has 10 heteroatoms. The summed E-state index contributed by atoms with van der Waals surface area (Å²) in [6.45, 7) is 1.08. The van der Waals surface area contributed by atoms with Gasteiger partial charge in [-0.1, -0.05) is 0 Å². The van der Waals surface area contributed by atoms with E-state index in [1.807, 2.05) is 0 Å². The van der Waals surface area contributed by atoms with E-state index in [4.69, 9.17) is 9.90 Å². The number of hydrogen-bond acceptors (Lipinski definition) is 9. The molecule has 0 unspecified atom stereocenters. The molecule has 0 aliphatic carbocycles. The minimum absolute atomic E-state index is 0.0865. The van der Waals surface area contributed by atoms with Crippen molar-refractivity contribution in [2.24, 2.45) is 0 Å². The Morgan fingerprint density at radius 1 is 0.577 bits per heavy atom. The Morgan fingerprint density at radius 3 is 0.962 bits per heavy atom. The Morgan fingerprint density at radius 2 is 0.769 bits per heavy atom. The zero-order valence-electron chi connectivity index (χ0n) is 15.9. The smallest absolute Gasteiger partial charge is 0.306 e. The summed E-state index contributed by atoms with van der Waals surface area (Å²) in [5.74, 6) is -2.10. The molecule has 0 fully saturated rings. The van der Waals surface area contributed by atoms with Crippen LogP contribution in [0.15, 0.2) is 0 Å². The van der Waals surface area contributed by atoms with E-state index in [9.17, 15) is 19.2 Å². The number of rotatable bonds is 8. The molecule has 0 amide bonds. The molecular weight excluding hydrogens is 352 g/mol. The maximum Gasteiger partial charge on any atom is 0.306 e. The summed E-state index contributed by atoms with van der Waals surface area (Å²) < 4.78 is 17.5. The van der Waals surface area contributed by atoms with Crippen molar-refractivity contribution < 1.29 is 48.0 Å². The van der Waals surface area contributed by atoms with Gasteiger partial charge in [-0.15, -0.1) is 0 Å². The van der Waals surface area contributed by atoms with Gasteiger partial charge in [0.15, 0.2) is 0 Å². The van der Waals surface area contributed by atoms with Crippen LogP contribution in [0, 0.1) is 0 Å². The number of carboxylic acid groups (broad SMARTS) is 1. The third-order valence-electron chi connectivity index (χ3n) is 2.46. The third kappa shape index (κ3) is 29.4. The molecule has 0 aliphatic rings. The predicted molar refractivity (Wildman–Crippen MR) is 89.1 cm³/mol. The summed E-state index contributed by atoms with van der Waals surface area (Å²) in [4.78, 5) is 51.0. The fourth-order valence-electron chi connectivity index (χ4n) is 1.15. The second-order valence-electron chi connectivity index (χ2n) is 4.53. The lowest BCUT2D eigenvalue weighted by molar-refractivity contribution is -0.147. The van der Waals surface area contributed by atoms with Gasteiger partial charge in [0.05, 0.1) is 41.3 Å². The van der Waals surface area contributed by atoms with E-state index in [1.165, 1.54) is 28.4 Å². The molecule has 152 valence electrons. The number of carbonyl (C=O) groups excluding carboxylic acids is 4. The number of aliphatic carboxylic acids is 1. The molecule has 0 saturated carbocycles. The first-order chi connectivity index (χ1) is 12.1. The molecule has 0 rings (SSSR count). The minimum Gasteiger partial charge on any atom is -0.481 e. The quantitative estimate of drug-likeness (QED) is 0.369. The topological polar surface area (TPSA) is 142 Å². The average Bonchev–Trinajstić information content (AvgIpc) is 2.62. The van der Waals surface area contributed by atoms with Crippen LogP contribution in [0.2, 0.25) is 0 Å². The van der Waals surface area contributed by atoms with E-state index in [0.717, 1.165) is 6.92 Å². The minimum atomic E-state index is -0.833. The van der Waals surface area contributed by atoms with Crippen LogP contribution in [0.3, 0.4) is 0 Å². The van der Waals surface area contributed by atoms with Gasteiger partial charge in [-0.05, 0) is 12.8 Å². The van der Waals surface area contributed by atoms with Crippen LogP contribution in [0.5, 0.6) is 0 Å². The molecule has 0 heterocycles. The summed E-state index contributed by atoms with van der Waals surface area (Å²) in [6, 6.07) is 0. The highest BCUT2D eigenvalue weighted by atomic mass is 16.5. The van der Waals surface area contributed by atoms with Crippen molar-refractivity contribution in [3.63, 3.8) is 0 Å². The molecular formula is C16H28O10. The van der Waals surface area contributed by atoms with E-state index in [2.05, 4.69) is 18.9 Å². The van der Waals surface area contributed by atoms with Gasteiger partial charge >= 0.3 is 23.9 Å². The van der Waals surface area contributed by atoms with E-state index in [1.54, 1.807) is 0 Å². The first-order valence-corrected chi connectivity index (χ1v) is 7.61. The molecule has 26 heavy (non-hydrogen) atoms. The van der Waals surface area contributed by atoms with Crippen LogP contribution in [-0.4, -0.2) is 63.4 Å². The summed E-state index contributed by atoms with van der Waals surface area (Å²) in [6.07, 6.45) is 2.25. The van der Waals surface area contributed by atoms with Crippen LogP contribution in [0.25, 0.3) is 0 Å². The Balaban J connectivity index is -0.000000341. The van der Waals surface area contributed by atoms with Gasteiger partial charge in [0.25, 0.3) is 5.97 Å². The van der Waals surface area contributed by atoms with Crippen molar-refractivity contribution in [1.29, 1.82) is 0 Å². The van der Waals surface area contributed by atoms with Gasteiger partial charge in [-0.25, -0.2) is 0 Å². The molecule has 10 nitrogen and oxygen atoms in total. The number of hydrogen-bond donors (Lipinski definition) is 1. The summed E-state index contributed by atoms with van der Waals surface area (Å²) in [7, 11) is 5.25. The van der Waals surface area contributed by atoms with Crippen LogP contribution in [-0.2, 0) is 42.9 Å². The first-order valence-electron chi connectivity index (χ1n) is 7.61. The van der Waals surface area contributed by atoms with Crippen molar-refractivity contribution in [2.45, 2.75) is 45.4 Å². The lowest BCUT2D eigenvalue weighted by Gasteiger charge is -1.98. The molecule has 0 saturated heterocycles. The fourth-order valence-corrected chi connectivity index (χ4v) is 1.15. The molecule has 0 aromatic rings. The molecule has 1 N–H and O–H groups in total. The zero-order valence-corrected chi connectivity index (χ0v) is 15.9. The Bertz CT molecular complexity index is 393. The van der Waals surface area contributed by atoms with Crippen molar-refractivity contribution >= 4 is 29.8 Å². The van der Waals surface area contributed by atoms with Crippen molar-refractivity contribution in [2.75, 3.05) is 28.4 Å². The van der Waals surface area contributed by atoms with Gasteiger partial charge in [0.2, 0.25) is 0 Å². The van der Waals surface area contributed by atoms with E-state index in [0.29, 0.717) is 25.7 Å². The highest BCUT2D eigenvalue weighted by Gasteiger charge is 2.05. The van der Waals surface area contributed by atoms with Gasteiger partial charge in [-0.2, -0.15) is 0 Å². The second kappa shape index (κ2) is 20.4. The van der Waals surface area contributed by atoms with Gasteiger partial charge < -0.3 is 24.1 Å². The number of methoxy groups -OCH3 is 4. The Labute approximate surface area is 152 Å². The number of carboxylic acids is 1. The molecule has 0 aromatic carbocycles. The highest BCUT2D eigenvalue weighted by Crippen LogP contribution is 2.01. The summed E-state index contributed by atoms with van der Waals surface area (Å²) in [5, 5.41) is 7.42. The van der Waals surface area contributed by atoms with Gasteiger partial charge in [-0.3, -0.25) is 24.0 Å².